The van der Waals surface area contributed by atoms with Crippen LogP contribution in [0.4, 0.5) is 11.5 Å². The molecule has 1 aromatic carbocycles. The number of amides is 1. The Kier molecular flexibility index (Phi) is 3.22. The number of hydrogen-bond acceptors (Lipinski definition) is 4. The first-order chi connectivity index (χ1) is 11.2. The Labute approximate surface area is 133 Å². The average Bonchev–Trinajstić information content (AvgIpc) is 2.93. The molecule has 3 heterocycles. The van der Waals surface area contributed by atoms with Gasteiger partial charge in [0.15, 0.2) is 11.7 Å². The van der Waals surface area contributed by atoms with Crippen LogP contribution in [0.1, 0.15) is 23.9 Å². The number of nitrogens with one attached hydrogen (secondary N) is 2. The van der Waals surface area contributed by atoms with Gasteiger partial charge in [-0.2, -0.15) is 0 Å². The van der Waals surface area contributed by atoms with Crippen molar-refractivity contribution in [3.05, 3.63) is 47.9 Å². The first-order valence-corrected chi connectivity index (χ1v) is 7.63. The number of fused-ring (bicyclic) bond motifs is 3. The standard InChI is InChI=1S/C17H16N4O2/c22-13-8-10-21-15-12(7-4-9-18-15)20-16(21)14(13)17(23)19-11-5-2-1-3-6-11/h1-7,14,18H,8-10H2,(H,19,23). The topological polar surface area (TPSA) is 76.0 Å². The molecule has 0 radical (unpaired) electrons. The number of ketones is 1. The van der Waals surface area contributed by atoms with Gasteiger partial charge in [-0.15, -0.1) is 0 Å². The van der Waals surface area contributed by atoms with E-state index in [1.807, 2.05) is 34.9 Å². The molecule has 0 spiro atoms. The molecule has 1 atom stereocenters. The largest absolute Gasteiger partial charge is 0.366 e. The third-order valence-electron chi connectivity index (χ3n) is 4.15. The number of para-hydroxylation sites is 1. The van der Waals surface area contributed by atoms with Crippen LogP contribution in [-0.2, 0) is 16.1 Å². The van der Waals surface area contributed by atoms with Crippen molar-refractivity contribution >= 4 is 29.3 Å². The Hall–Kier alpha value is -2.89. The molecule has 1 unspecified atom stereocenters. The highest BCUT2D eigenvalue weighted by Gasteiger charge is 2.37. The minimum atomic E-state index is -0.857. The molecule has 0 aliphatic carbocycles. The molecule has 1 amide bonds. The number of carbonyl (C=O) groups is 2. The van der Waals surface area contributed by atoms with Crippen LogP contribution in [0.15, 0.2) is 36.4 Å². The average molecular weight is 308 g/mol. The van der Waals surface area contributed by atoms with Crippen molar-refractivity contribution in [2.24, 2.45) is 0 Å². The Bertz CT molecular complexity index is 808. The number of nitrogens with zero attached hydrogens (tertiary/aromatic N) is 2. The zero-order chi connectivity index (χ0) is 15.8. The lowest BCUT2D eigenvalue weighted by Crippen LogP contribution is -2.34. The van der Waals surface area contributed by atoms with E-state index >= 15 is 0 Å². The van der Waals surface area contributed by atoms with E-state index in [1.165, 1.54) is 0 Å². The Balaban J connectivity index is 1.69. The normalized spacial score (nSPS) is 18.8. The molecular formula is C17H16N4O2. The Morgan fingerprint density at radius 1 is 1.30 bits per heavy atom. The van der Waals surface area contributed by atoms with Crippen molar-refractivity contribution < 1.29 is 9.59 Å². The molecular weight excluding hydrogens is 292 g/mol. The molecule has 2 N–H and O–H groups in total. The summed E-state index contributed by atoms with van der Waals surface area (Å²) in [6, 6.07) is 9.15. The number of benzene rings is 1. The number of anilines is 2. The van der Waals surface area contributed by atoms with Crippen LogP contribution in [0.3, 0.4) is 0 Å². The van der Waals surface area contributed by atoms with Gasteiger partial charge in [0.2, 0.25) is 5.91 Å². The maximum absolute atomic E-state index is 12.6. The highest BCUT2D eigenvalue weighted by Crippen LogP contribution is 2.32. The lowest BCUT2D eigenvalue weighted by atomic mass is 9.96. The fourth-order valence-corrected chi connectivity index (χ4v) is 3.07. The lowest BCUT2D eigenvalue weighted by molar-refractivity contribution is -0.128. The van der Waals surface area contributed by atoms with Gasteiger partial charge in [0.05, 0.1) is 0 Å². The summed E-state index contributed by atoms with van der Waals surface area (Å²) in [6.07, 6.45) is 4.24. The third-order valence-corrected chi connectivity index (χ3v) is 4.15. The van der Waals surface area contributed by atoms with Gasteiger partial charge >= 0.3 is 0 Å². The minimum absolute atomic E-state index is 0.0859. The van der Waals surface area contributed by atoms with Crippen LogP contribution in [0.2, 0.25) is 0 Å². The highest BCUT2D eigenvalue weighted by atomic mass is 16.2. The lowest BCUT2D eigenvalue weighted by Gasteiger charge is -2.23. The summed E-state index contributed by atoms with van der Waals surface area (Å²) in [5, 5.41) is 6.08. The monoisotopic (exact) mass is 308 g/mol. The number of carbonyl (C=O) groups excluding carboxylic acids is 2. The zero-order valence-electron chi connectivity index (χ0n) is 12.5. The first kappa shape index (κ1) is 13.8. The fraction of sp³-hybridized carbons (Fsp3) is 0.235. The second-order valence-electron chi connectivity index (χ2n) is 5.64. The maximum atomic E-state index is 12.6. The minimum Gasteiger partial charge on any atom is -0.366 e. The van der Waals surface area contributed by atoms with Crippen molar-refractivity contribution in [2.45, 2.75) is 18.9 Å². The van der Waals surface area contributed by atoms with E-state index in [-0.39, 0.29) is 11.7 Å². The summed E-state index contributed by atoms with van der Waals surface area (Å²) in [7, 11) is 0. The SMILES string of the molecule is O=C1CCn2c(nc3c2NCC=C3)C1C(=O)Nc1ccccc1. The van der Waals surface area contributed by atoms with Crippen molar-refractivity contribution in [1.29, 1.82) is 0 Å². The van der Waals surface area contributed by atoms with E-state index in [1.54, 1.807) is 12.1 Å². The van der Waals surface area contributed by atoms with Crippen LogP contribution in [0.25, 0.3) is 6.08 Å². The quantitative estimate of drug-likeness (QED) is 0.832. The Morgan fingerprint density at radius 3 is 2.96 bits per heavy atom. The molecule has 0 bridgehead atoms. The van der Waals surface area contributed by atoms with E-state index in [9.17, 15) is 9.59 Å². The van der Waals surface area contributed by atoms with Crippen molar-refractivity contribution in [1.82, 2.24) is 9.55 Å². The fourth-order valence-electron chi connectivity index (χ4n) is 3.07. The van der Waals surface area contributed by atoms with Gasteiger partial charge < -0.3 is 15.2 Å². The van der Waals surface area contributed by atoms with Gasteiger partial charge in [-0.05, 0) is 18.2 Å². The highest BCUT2D eigenvalue weighted by molar-refractivity contribution is 6.11. The van der Waals surface area contributed by atoms with Gasteiger partial charge in [-0.1, -0.05) is 24.3 Å². The van der Waals surface area contributed by atoms with E-state index in [0.29, 0.717) is 24.5 Å². The van der Waals surface area contributed by atoms with Crippen LogP contribution in [-0.4, -0.2) is 27.8 Å². The second kappa shape index (κ2) is 5.39. The molecule has 4 rings (SSSR count). The summed E-state index contributed by atoms with van der Waals surface area (Å²) in [5.41, 5.74) is 1.47. The zero-order valence-corrected chi connectivity index (χ0v) is 12.5. The second-order valence-corrected chi connectivity index (χ2v) is 5.64. The molecule has 0 saturated carbocycles. The molecule has 23 heavy (non-hydrogen) atoms. The molecule has 0 fully saturated rings. The van der Waals surface area contributed by atoms with E-state index < -0.39 is 5.92 Å². The van der Waals surface area contributed by atoms with Gasteiger partial charge in [-0.25, -0.2) is 4.98 Å². The molecule has 1 aromatic heterocycles. The maximum Gasteiger partial charge on any atom is 0.242 e. The molecule has 6 nitrogen and oxygen atoms in total. The predicted octanol–water partition coefficient (Wildman–Crippen LogP) is 2.02. The van der Waals surface area contributed by atoms with Gasteiger partial charge in [0, 0.05) is 25.2 Å². The van der Waals surface area contributed by atoms with Crippen LogP contribution in [0.5, 0.6) is 0 Å². The Morgan fingerprint density at radius 2 is 2.13 bits per heavy atom. The molecule has 0 saturated heterocycles. The summed E-state index contributed by atoms with van der Waals surface area (Å²) < 4.78 is 1.95. The summed E-state index contributed by atoms with van der Waals surface area (Å²) in [5.74, 6) is 0.154. The summed E-state index contributed by atoms with van der Waals surface area (Å²) >= 11 is 0. The number of rotatable bonds is 2. The van der Waals surface area contributed by atoms with E-state index in [2.05, 4.69) is 15.6 Å². The molecule has 2 aliphatic heterocycles. The van der Waals surface area contributed by atoms with Crippen molar-refractivity contribution in [3.8, 4) is 0 Å². The van der Waals surface area contributed by atoms with Crippen LogP contribution in [0, 0.1) is 0 Å². The predicted molar refractivity (Wildman–Crippen MR) is 87.2 cm³/mol. The number of aromatic nitrogens is 2. The van der Waals surface area contributed by atoms with Gasteiger partial charge in [0.25, 0.3) is 0 Å². The van der Waals surface area contributed by atoms with E-state index in [4.69, 9.17) is 0 Å². The number of Topliss-reactive ketones (excluding diaryl/α,β-unsaturated/α-hetero) is 1. The smallest absolute Gasteiger partial charge is 0.242 e. The third kappa shape index (κ3) is 2.32. The van der Waals surface area contributed by atoms with Crippen molar-refractivity contribution in [3.63, 3.8) is 0 Å². The number of imidazole rings is 1. The van der Waals surface area contributed by atoms with Gasteiger partial charge in [-0.3, -0.25) is 9.59 Å². The van der Waals surface area contributed by atoms with Crippen LogP contribution >= 0.6 is 0 Å². The van der Waals surface area contributed by atoms with Crippen molar-refractivity contribution in [2.75, 3.05) is 17.2 Å². The first-order valence-electron chi connectivity index (χ1n) is 7.63. The number of hydrogen-bond donors (Lipinski definition) is 2. The van der Waals surface area contributed by atoms with E-state index in [0.717, 1.165) is 18.1 Å². The molecule has 116 valence electrons. The summed E-state index contributed by atoms with van der Waals surface area (Å²) in [4.78, 5) is 29.5. The molecule has 2 aliphatic rings. The summed E-state index contributed by atoms with van der Waals surface area (Å²) in [6.45, 7) is 1.29. The van der Waals surface area contributed by atoms with Crippen LogP contribution < -0.4 is 10.6 Å². The molecule has 2 aromatic rings. The molecule has 6 heteroatoms. The van der Waals surface area contributed by atoms with Gasteiger partial charge in [0.1, 0.15) is 17.3 Å².